The zero-order valence-corrected chi connectivity index (χ0v) is 9.34. The lowest BCUT2D eigenvalue weighted by Crippen LogP contribution is -2.06. The van der Waals surface area contributed by atoms with Crippen molar-refractivity contribution in [1.82, 2.24) is 0 Å². The maximum atomic E-state index is 8.77. The van der Waals surface area contributed by atoms with E-state index in [-0.39, 0.29) is 0 Å². The molecule has 0 bridgehead atoms. The van der Waals surface area contributed by atoms with Crippen molar-refractivity contribution in [3.8, 4) is 0 Å². The highest BCUT2D eigenvalue weighted by Crippen LogP contribution is 2.27. The minimum absolute atomic E-state index is 0.599. The van der Waals surface area contributed by atoms with Gasteiger partial charge >= 0.3 is 0 Å². The summed E-state index contributed by atoms with van der Waals surface area (Å²) in [5.74, 6) is 0.599. The second kappa shape index (κ2) is 6.86. The average Bonchev–Trinajstić information content (AvgIpc) is 2.65. The van der Waals surface area contributed by atoms with Crippen LogP contribution in [0.3, 0.4) is 0 Å². The van der Waals surface area contributed by atoms with Crippen molar-refractivity contribution in [2.75, 3.05) is 0 Å². The van der Waals surface area contributed by atoms with Crippen LogP contribution in [0.2, 0.25) is 0 Å². The summed E-state index contributed by atoms with van der Waals surface area (Å²) < 4.78 is 0. The Kier molecular flexibility index (Phi) is 5.65. The van der Waals surface area contributed by atoms with Crippen molar-refractivity contribution < 1.29 is 5.21 Å². The topological polar surface area (TPSA) is 32.6 Å². The van der Waals surface area contributed by atoms with E-state index in [2.05, 4.69) is 12.1 Å². The molecule has 0 aliphatic heterocycles. The van der Waals surface area contributed by atoms with Gasteiger partial charge in [-0.3, -0.25) is 0 Å². The highest BCUT2D eigenvalue weighted by atomic mass is 16.4. The first kappa shape index (κ1) is 11.5. The third kappa shape index (κ3) is 3.69. The van der Waals surface area contributed by atoms with E-state index in [1.54, 1.807) is 0 Å². The summed E-state index contributed by atoms with van der Waals surface area (Å²) in [6.07, 6.45) is 11.4. The largest absolute Gasteiger partial charge is 0.411 e. The van der Waals surface area contributed by atoms with Gasteiger partial charge in [-0.05, 0) is 25.7 Å². The molecule has 0 unspecified atom stereocenters. The highest BCUT2D eigenvalue weighted by molar-refractivity contribution is 5.87. The Labute approximate surface area is 87.4 Å². The Bertz CT molecular complexity index is 177. The number of rotatable bonds is 6. The number of oxime groups is 1. The van der Waals surface area contributed by atoms with Gasteiger partial charge in [0.15, 0.2) is 0 Å². The number of hydrogen-bond donors (Lipinski definition) is 1. The summed E-state index contributed by atoms with van der Waals surface area (Å²) in [5, 5.41) is 12.2. The monoisotopic (exact) mass is 197 g/mol. The van der Waals surface area contributed by atoms with Crippen LogP contribution in [0.15, 0.2) is 5.16 Å². The van der Waals surface area contributed by atoms with Gasteiger partial charge in [-0.15, -0.1) is 0 Å². The molecule has 1 saturated carbocycles. The van der Waals surface area contributed by atoms with E-state index in [0.717, 1.165) is 12.1 Å². The van der Waals surface area contributed by atoms with Crippen LogP contribution in [0.5, 0.6) is 0 Å². The second-order valence-corrected chi connectivity index (χ2v) is 4.38. The Hall–Kier alpha value is -0.530. The maximum absolute atomic E-state index is 8.77. The summed E-state index contributed by atoms with van der Waals surface area (Å²) in [6, 6.07) is 0. The average molecular weight is 197 g/mol. The van der Waals surface area contributed by atoms with Crippen molar-refractivity contribution in [2.24, 2.45) is 11.1 Å². The van der Waals surface area contributed by atoms with E-state index < -0.39 is 0 Å². The maximum Gasteiger partial charge on any atom is 0.0601 e. The smallest absolute Gasteiger partial charge is 0.0601 e. The molecule has 1 N–H and O–H groups in total. The van der Waals surface area contributed by atoms with Crippen molar-refractivity contribution in [3.05, 3.63) is 0 Å². The summed E-state index contributed by atoms with van der Waals surface area (Å²) in [7, 11) is 0. The number of hydrogen-bond acceptors (Lipinski definition) is 2. The fourth-order valence-corrected chi connectivity index (χ4v) is 2.34. The molecule has 82 valence electrons. The molecule has 1 aliphatic rings. The van der Waals surface area contributed by atoms with Gasteiger partial charge in [-0.2, -0.15) is 0 Å². The van der Waals surface area contributed by atoms with E-state index in [9.17, 15) is 0 Å². The SMILES string of the molecule is CCCCCCC[C@@H]1CCC/C1=N/O. The van der Waals surface area contributed by atoms with Crippen LogP contribution in [0.1, 0.15) is 64.7 Å². The molecule has 0 aromatic rings. The van der Waals surface area contributed by atoms with Crippen molar-refractivity contribution >= 4 is 5.71 Å². The Morgan fingerprint density at radius 2 is 2.07 bits per heavy atom. The first-order valence-electron chi connectivity index (χ1n) is 6.09. The van der Waals surface area contributed by atoms with Crippen LogP contribution < -0.4 is 0 Å². The van der Waals surface area contributed by atoms with Crippen LogP contribution in [0.4, 0.5) is 0 Å². The van der Waals surface area contributed by atoms with Crippen LogP contribution in [0, 0.1) is 5.92 Å². The van der Waals surface area contributed by atoms with Crippen LogP contribution in [-0.4, -0.2) is 10.9 Å². The van der Waals surface area contributed by atoms with Crippen molar-refractivity contribution in [2.45, 2.75) is 64.7 Å². The van der Waals surface area contributed by atoms with E-state index in [0.29, 0.717) is 5.92 Å². The van der Waals surface area contributed by atoms with Crippen LogP contribution in [0.25, 0.3) is 0 Å². The lowest BCUT2D eigenvalue weighted by atomic mass is 9.98. The van der Waals surface area contributed by atoms with Gasteiger partial charge in [0.05, 0.1) is 5.71 Å². The predicted octanol–water partition coefficient (Wildman–Crippen LogP) is 3.98. The van der Waals surface area contributed by atoms with Crippen LogP contribution in [-0.2, 0) is 0 Å². The number of nitrogens with zero attached hydrogens (tertiary/aromatic N) is 1. The normalized spacial score (nSPS) is 24.6. The second-order valence-electron chi connectivity index (χ2n) is 4.38. The summed E-state index contributed by atoms with van der Waals surface area (Å²) in [4.78, 5) is 0. The molecule has 1 fully saturated rings. The Balaban J connectivity index is 2.06. The first-order valence-corrected chi connectivity index (χ1v) is 6.09. The van der Waals surface area contributed by atoms with Gasteiger partial charge in [0.25, 0.3) is 0 Å². The van der Waals surface area contributed by atoms with Crippen molar-refractivity contribution in [1.29, 1.82) is 0 Å². The summed E-state index contributed by atoms with van der Waals surface area (Å²) in [6.45, 7) is 2.24. The molecule has 2 heteroatoms. The zero-order chi connectivity index (χ0) is 10.2. The van der Waals surface area contributed by atoms with E-state index in [4.69, 9.17) is 5.21 Å². The zero-order valence-electron chi connectivity index (χ0n) is 9.34. The third-order valence-electron chi connectivity index (χ3n) is 3.24. The molecule has 0 spiro atoms. The van der Waals surface area contributed by atoms with Gasteiger partial charge in [0.2, 0.25) is 0 Å². The summed E-state index contributed by atoms with van der Waals surface area (Å²) >= 11 is 0. The van der Waals surface area contributed by atoms with E-state index in [1.165, 1.54) is 51.4 Å². The molecule has 0 aromatic carbocycles. The quantitative estimate of drug-likeness (QED) is 0.390. The molecule has 14 heavy (non-hydrogen) atoms. The van der Waals surface area contributed by atoms with Crippen LogP contribution >= 0.6 is 0 Å². The molecule has 2 nitrogen and oxygen atoms in total. The summed E-state index contributed by atoms with van der Waals surface area (Å²) in [5.41, 5.74) is 1.06. The van der Waals surface area contributed by atoms with Gasteiger partial charge in [-0.25, -0.2) is 0 Å². The van der Waals surface area contributed by atoms with Gasteiger partial charge < -0.3 is 5.21 Å². The molecule has 1 rings (SSSR count). The molecule has 0 amide bonds. The van der Waals surface area contributed by atoms with Gasteiger partial charge in [0, 0.05) is 5.92 Å². The molecular formula is C12H23NO. The Morgan fingerprint density at radius 1 is 1.29 bits per heavy atom. The standard InChI is InChI=1S/C12H23NO/c1-2-3-4-5-6-8-11-9-7-10-12(11)13-14/h11,14H,2-10H2,1H3/b13-12-/t11-/m1/s1. The minimum atomic E-state index is 0.599. The van der Waals surface area contributed by atoms with E-state index >= 15 is 0 Å². The predicted molar refractivity (Wildman–Crippen MR) is 59.9 cm³/mol. The molecule has 1 aliphatic carbocycles. The van der Waals surface area contributed by atoms with Crippen molar-refractivity contribution in [3.63, 3.8) is 0 Å². The lowest BCUT2D eigenvalue weighted by molar-refractivity contribution is 0.314. The molecule has 0 aromatic heterocycles. The fraction of sp³-hybridized carbons (Fsp3) is 0.917. The van der Waals surface area contributed by atoms with E-state index in [1.807, 2.05) is 0 Å². The lowest BCUT2D eigenvalue weighted by Gasteiger charge is -2.08. The van der Waals surface area contributed by atoms with Gasteiger partial charge in [-0.1, -0.05) is 44.2 Å². The molecule has 0 saturated heterocycles. The molecule has 0 heterocycles. The molecular weight excluding hydrogens is 174 g/mol. The molecule has 1 atom stereocenters. The highest BCUT2D eigenvalue weighted by Gasteiger charge is 2.22. The fourth-order valence-electron chi connectivity index (χ4n) is 2.34. The number of unbranched alkanes of at least 4 members (excludes halogenated alkanes) is 4. The minimum Gasteiger partial charge on any atom is -0.411 e. The van der Waals surface area contributed by atoms with Gasteiger partial charge in [0.1, 0.15) is 0 Å². The first-order chi connectivity index (χ1) is 6.88. The molecule has 0 radical (unpaired) electrons. The third-order valence-corrected chi connectivity index (χ3v) is 3.24. The Morgan fingerprint density at radius 3 is 2.79 bits per heavy atom.